The lowest BCUT2D eigenvalue weighted by molar-refractivity contribution is 0.0934. The van der Waals surface area contributed by atoms with Crippen molar-refractivity contribution in [1.29, 1.82) is 5.26 Å². The van der Waals surface area contributed by atoms with E-state index in [2.05, 4.69) is 22.2 Å². The molecule has 0 aromatic carbocycles. The van der Waals surface area contributed by atoms with Gasteiger partial charge in [-0.15, -0.1) is 0 Å². The predicted octanol–water partition coefficient (Wildman–Crippen LogP) is 1.02. The first-order valence-corrected chi connectivity index (χ1v) is 6.52. The molecule has 0 bridgehead atoms. The van der Waals surface area contributed by atoms with E-state index < -0.39 is 0 Å². The molecule has 1 aliphatic heterocycles. The fourth-order valence-electron chi connectivity index (χ4n) is 2.22. The van der Waals surface area contributed by atoms with E-state index in [1.165, 1.54) is 12.3 Å². The Hall–Kier alpha value is -1.93. The molecular formula is C14H18N4O. The van der Waals surface area contributed by atoms with E-state index in [9.17, 15) is 4.79 Å². The van der Waals surface area contributed by atoms with Crippen LogP contribution in [0.4, 0.5) is 0 Å². The molecule has 1 aromatic heterocycles. The van der Waals surface area contributed by atoms with Crippen molar-refractivity contribution in [2.45, 2.75) is 12.8 Å². The third-order valence-corrected chi connectivity index (χ3v) is 3.51. The zero-order valence-corrected chi connectivity index (χ0v) is 11.1. The van der Waals surface area contributed by atoms with Crippen LogP contribution in [0.25, 0.3) is 0 Å². The highest BCUT2D eigenvalue weighted by molar-refractivity contribution is 5.92. The second-order valence-corrected chi connectivity index (χ2v) is 5.00. The average Bonchev–Trinajstić information content (AvgIpc) is 2.46. The lowest BCUT2D eigenvalue weighted by atomic mass is 9.97. The quantitative estimate of drug-likeness (QED) is 0.879. The number of nitrogens with zero attached hydrogens (tertiary/aromatic N) is 3. The Kier molecular flexibility index (Phi) is 4.48. The molecule has 0 atom stereocenters. The van der Waals surface area contributed by atoms with Crippen LogP contribution in [0, 0.1) is 17.2 Å². The summed E-state index contributed by atoms with van der Waals surface area (Å²) in [4.78, 5) is 18.2. The van der Waals surface area contributed by atoms with Gasteiger partial charge in [-0.3, -0.25) is 9.78 Å². The minimum atomic E-state index is -0.198. The van der Waals surface area contributed by atoms with E-state index in [1.807, 2.05) is 6.07 Å². The predicted molar refractivity (Wildman–Crippen MR) is 71.5 cm³/mol. The number of piperidine rings is 1. The third-order valence-electron chi connectivity index (χ3n) is 3.51. The normalized spacial score (nSPS) is 16.8. The molecule has 5 nitrogen and oxygen atoms in total. The van der Waals surface area contributed by atoms with E-state index in [0.29, 0.717) is 23.7 Å². The van der Waals surface area contributed by atoms with Crippen LogP contribution >= 0.6 is 0 Å². The van der Waals surface area contributed by atoms with Crippen molar-refractivity contribution in [3.8, 4) is 6.07 Å². The zero-order valence-electron chi connectivity index (χ0n) is 11.1. The fraction of sp³-hybridized carbons (Fsp3) is 0.500. The Morgan fingerprint density at radius 1 is 1.58 bits per heavy atom. The van der Waals surface area contributed by atoms with Crippen LogP contribution in [0.3, 0.4) is 0 Å². The van der Waals surface area contributed by atoms with Gasteiger partial charge in [-0.1, -0.05) is 0 Å². The van der Waals surface area contributed by atoms with Gasteiger partial charge in [0.1, 0.15) is 5.69 Å². The average molecular weight is 258 g/mol. The summed E-state index contributed by atoms with van der Waals surface area (Å²) in [5, 5.41) is 11.7. The molecule has 1 N–H and O–H groups in total. The van der Waals surface area contributed by atoms with Crippen LogP contribution in [0.1, 0.15) is 28.9 Å². The van der Waals surface area contributed by atoms with Crippen molar-refractivity contribution >= 4 is 5.91 Å². The molecule has 2 rings (SSSR count). The van der Waals surface area contributed by atoms with E-state index in [1.54, 1.807) is 6.07 Å². The van der Waals surface area contributed by atoms with Gasteiger partial charge in [-0.2, -0.15) is 5.26 Å². The van der Waals surface area contributed by atoms with Gasteiger partial charge >= 0.3 is 0 Å². The highest BCUT2D eigenvalue weighted by Crippen LogP contribution is 2.14. The summed E-state index contributed by atoms with van der Waals surface area (Å²) in [6.07, 6.45) is 3.72. The van der Waals surface area contributed by atoms with Crippen molar-refractivity contribution in [1.82, 2.24) is 15.2 Å². The molecule has 19 heavy (non-hydrogen) atoms. The highest BCUT2D eigenvalue weighted by atomic mass is 16.1. The first kappa shape index (κ1) is 13.5. The van der Waals surface area contributed by atoms with Crippen LogP contribution in [-0.4, -0.2) is 42.5 Å². The minimum absolute atomic E-state index is 0.198. The summed E-state index contributed by atoms with van der Waals surface area (Å²) in [7, 11) is 2.12. The minimum Gasteiger partial charge on any atom is -0.350 e. The first-order valence-electron chi connectivity index (χ1n) is 6.52. The second kappa shape index (κ2) is 6.30. The summed E-state index contributed by atoms with van der Waals surface area (Å²) in [6, 6.07) is 5.12. The van der Waals surface area contributed by atoms with E-state index >= 15 is 0 Å². The Balaban J connectivity index is 1.85. The number of nitrogens with one attached hydrogen (secondary N) is 1. The molecule has 1 amide bonds. The Bertz CT molecular complexity index is 486. The largest absolute Gasteiger partial charge is 0.350 e. The van der Waals surface area contributed by atoms with Gasteiger partial charge in [0.2, 0.25) is 0 Å². The molecule has 0 saturated carbocycles. The van der Waals surface area contributed by atoms with Crippen LogP contribution in [0.5, 0.6) is 0 Å². The van der Waals surface area contributed by atoms with Crippen molar-refractivity contribution in [3.63, 3.8) is 0 Å². The summed E-state index contributed by atoms with van der Waals surface area (Å²) in [5.74, 6) is 0.343. The number of carbonyl (C=O) groups is 1. The highest BCUT2D eigenvalue weighted by Gasteiger charge is 2.17. The lowest BCUT2D eigenvalue weighted by Gasteiger charge is -2.28. The van der Waals surface area contributed by atoms with Gasteiger partial charge in [0.15, 0.2) is 0 Å². The maximum Gasteiger partial charge on any atom is 0.269 e. The number of aromatic nitrogens is 1. The maximum atomic E-state index is 11.9. The molecule has 1 aliphatic rings. The molecule has 100 valence electrons. The summed E-state index contributed by atoms with van der Waals surface area (Å²) < 4.78 is 0. The fourth-order valence-corrected chi connectivity index (χ4v) is 2.22. The second-order valence-electron chi connectivity index (χ2n) is 5.00. The van der Waals surface area contributed by atoms with Gasteiger partial charge in [0, 0.05) is 12.7 Å². The molecular weight excluding hydrogens is 240 g/mol. The molecule has 0 aliphatic carbocycles. The molecule has 0 radical (unpaired) electrons. The van der Waals surface area contributed by atoms with Crippen molar-refractivity contribution in [2.24, 2.45) is 5.92 Å². The molecule has 1 aromatic rings. The monoisotopic (exact) mass is 258 g/mol. The molecule has 0 unspecified atom stereocenters. The number of hydrogen-bond donors (Lipinski definition) is 1. The molecule has 2 heterocycles. The molecule has 5 heteroatoms. The summed E-state index contributed by atoms with van der Waals surface area (Å²) in [5.41, 5.74) is 0.770. The standard InChI is InChI=1S/C14H18N4O/c1-18-6-3-11(4-7-18)10-17-14(19)13-8-12(9-15)2-5-16-13/h2,5,8,11H,3-4,6-7,10H2,1H3,(H,17,19). The lowest BCUT2D eigenvalue weighted by Crippen LogP contribution is -2.37. The number of hydrogen-bond acceptors (Lipinski definition) is 4. The Morgan fingerprint density at radius 2 is 2.32 bits per heavy atom. The Labute approximate surface area is 113 Å². The summed E-state index contributed by atoms with van der Waals surface area (Å²) in [6.45, 7) is 2.86. The Morgan fingerprint density at radius 3 is 3.00 bits per heavy atom. The van der Waals surface area contributed by atoms with Crippen LogP contribution < -0.4 is 5.32 Å². The number of carbonyl (C=O) groups excluding carboxylic acids is 1. The molecule has 1 fully saturated rings. The molecule has 1 saturated heterocycles. The van der Waals surface area contributed by atoms with Gasteiger partial charge in [0.25, 0.3) is 5.91 Å². The van der Waals surface area contributed by atoms with E-state index in [0.717, 1.165) is 25.9 Å². The van der Waals surface area contributed by atoms with Gasteiger partial charge in [-0.25, -0.2) is 0 Å². The SMILES string of the molecule is CN1CCC(CNC(=O)c2cc(C#N)ccn2)CC1. The first-order chi connectivity index (χ1) is 9.19. The maximum absolute atomic E-state index is 11.9. The number of amides is 1. The number of rotatable bonds is 3. The summed E-state index contributed by atoms with van der Waals surface area (Å²) >= 11 is 0. The van der Waals surface area contributed by atoms with Gasteiger partial charge in [-0.05, 0) is 51.0 Å². The van der Waals surface area contributed by atoms with Crippen LogP contribution in [0.15, 0.2) is 18.3 Å². The number of pyridine rings is 1. The van der Waals surface area contributed by atoms with Gasteiger partial charge < -0.3 is 10.2 Å². The van der Waals surface area contributed by atoms with Crippen molar-refractivity contribution < 1.29 is 4.79 Å². The van der Waals surface area contributed by atoms with Crippen molar-refractivity contribution in [3.05, 3.63) is 29.6 Å². The topological polar surface area (TPSA) is 69.0 Å². The van der Waals surface area contributed by atoms with Crippen LogP contribution in [0.2, 0.25) is 0 Å². The molecule has 0 spiro atoms. The van der Waals surface area contributed by atoms with Gasteiger partial charge in [0.05, 0.1) is 11.6 Å². The number of likely N-dealkylation sites (tertiary alicyclic amines) is 1. The van der Waals surface area contributed by atoms with E-state index in [-0.39, 0.29) is 5.91 Å². The van der Waals surface area contributed by atoms with Crippen LogP contribution in [-0.2, 0) is 0 Å². The third kappa shape index (κ3) is 3.76. The number of nitriles is 1. The van der Waals surface area contributed by atoms with Crippen molar-refractivity contribution in [2.75, 3.05) is 26.7 Å². The smallest absolute Gasteiger partial charge is 0.269 e. The van der Waals surface area contributed by atoms with E-state index in [4.69, 9.17) is 5.26 Å². The zero-order chi connectivity index (χ0) is 13.7.